The number of benzene rings is 1. The number of hydrogen-bond acceptors (Lipinski definition) is 5. The fourth-order valence-electron chi connectivity index (χ4n) is 3.08. The fraction of sp³-hybridized carbons (Fsp3) is 0.350. The second-order valence-corrected chi connectivity index (χ2v) is 6.51. The van der Waals surface area contributed by atoms with Crippen molar-refractivity contribution >= 4 is 23.2 Å². The summed E-state index contributed by atoms with van der Waals surface area (Å²) < 4.78 is 0. The third-order valence-corrected chi connectivity index (χ3v) is 4.77. The summed E-state index contributed by atoms with van der Waals surface area (Å²) in [6.07, 6.45) is 1.80. The molecule has 0 saturated carbocycles. The Kier molecular flexibility index (Phi) is 5.63. The van der Waals surface area contributed by atoms with E-state index in [1.807, 2.05) is 25.1 Å². The normalized spacial score (nSPS) is 16.2. The molecule has 136 valence electrons. The van der Waals surface area contributed by atoms with Gasteiger partial charge in [-0.2, -0.15) is 0 Å². The Hall–Kier alpha value is -2.73. The van der Waals surface area contributed by atoms with E-state index >= 15 is 0 Å². The molecule has 0 radical (unpaired) electrons. The number of nitrogens with one attached hydrogen (secondary N) is 1. The van der Waals surface area contributed by atoms with Gasteiger partial charge in [0.15, 0.2) is 5.78 Å². The average Bonchev–Trinajstić information content (AvgIpc) is 2.68. The first-order valence-corrected chi connectivity index (χ1v) is 8.86. The van der Waals surface area contributed by atoms with Crippen LogP contribution in [0.4, 0.5) is 11.5 Å². The number of amides is 1. The van der Waals surface area contributed by atoms with Crippen molar-refractivity contribution < 1.29 is 9.59 Å². The van der Waals surface area contributed by atoms with E-state index in [-0.39, 0.29) is 17.7 Å². The van der Waals surface area contributed by atoms with Crippen molar-refractivity contribution in [2.75, 3.05) is 36.4 Å². The van der Waals surface area contributed by atoms with Crippen LogP contribution in [-0.4, -0.2) is 53.8 Å². The van der Waals surface area contributed by atoms with Gasteiger partial charge in [0.1, 0.15) is 5.82 Å². The predicted molar refractivity (Wildman–Crippen MR) is 103 cm³/mol. The first kappa shape index (κ1) is 18.1. The van der Waals surface area contributed by atoms with Crippen molar-refractivity contribution in [3.63, 3.8) is 0 Å². The van der Waals surface area contributed by atoms with E-state index in [1.165, 1.54) is 6.92 Å². The molecule has 1 unspecified atom stereocenters. The monoisotopic (exact) mass is 352 g/mol. The van der Waals surface area contributed by atoms with Gasteiger partial charge in [0.2, 0.25) is 5.91 Å². The molecule has 1 aliphatic heterocycles. The third kappa shape index (κ3) is 4.26. The lowest BCUT2D eigenvalue weighted by Gasteiger charge is -2.37. The first-order chi connectivity index (χ1) is 12.5. The Labute approximate surface area is 153 Å². The molecule has 6 heteroatoms. The van der Waals surface area contributed by atoms with Gasteiger partial charge in [0.05, 0.1) is 6.04 Å². The van der Waals surface area contributed by atoms with Crippen molar-refractivity contribution in [2.45, 2.75) is 19.9 Å². The maximum absolute atomic E-state index is 12.5. The number of hydrogen-bond donors (Lipinski definition) is 1. The van der Waals surface area contributed by atoms with Crippen molar-refractivity contribution in [2.24, 2.45) is 0 Å². The molecule has 0 spiro atoms. The van der Waals surface area contributed by atoms with Crippen molar-refractivity contribution in [3.8, 4) is 0 Å². The second-order valence-electron chi connectivity index (χ2n) is 6.51. The van der Waals surface area contributed by atoms with E-state index in [1.54, 1.807) is 30.5 Å². The number of carbonyl (C=O) groups excluding carboxylic acids is 2. The number of aromatic nitrogens is 1. The van der Waals surface area contributed by atoms with E-state index in [0.29, 0.717) is 11.3 Å². The zero-order valence-electron chi connectivity index (χ0n) is 15.2. The largest absolute Gasteiger partial charge is 0.354 e. The van der Waals surface area contributed by atoms with E-state index in [2.05, 4.69) is 20.1 Å². The molecule has 1 atom stereocenters. The number of ketones is 1. The van der Waals surface area contributed by atoms with Gasteiger partial charge in [-0.05, 0) is 50.2 Å². The standard InChI is InChI=1S/C20H24N4O2/c1-15(20(26)22-18-8-6-17(7-9-18)16(2)25)23-11-13-24(14-12-23)19-5-3-4-10-21-19/h3-10,15H,11-14H2,1-2H3,(H,22,26). The van der Waals surface area contributed by atoms with Crippen LogP contribution in [0.3, 0.4) is 0 Å². The van der Waals surface area contributed by atoms with Crippen molar-refractivity contribution in [3.05, 3.63) is 54.2 Å². The highest BCUT2D eigenvalue weighted by Gasteiger charge is 2.26. The van der Waals surface area contributed by atoms with Gasteiger partial charge in [-0.25, -0.2) is 4.98 Å². The van der Waals surface area contributed by atoms with Crippen LogP contribution >= 0.6 is 0 Å². The topological polar surface area (TPSA) is 65.5 Å². The molecule has 2 heterocycles. The maximum Gasteiger partial charge on any atom is 0.241 e. The van der Waals surface area contributed by atoms with Gasteiger partial charge in [-0.1, -0.05) is 6.07 Å². The first-order valence-electron chi connectivity index (χ1n) is 8.86. The summed E-state index contributed by atoms with van der Waals surface area (Å²) in [6.45, 7) is 6.78. The van der Waals surface area contributed by atoms with Crippen LogP contribution in [0.1, 0.15) is 24.2 Å². The number of pyridine rings is 1. The van der Waals surface area contributed by atoms with Gasteiger partial charge in [0, 0.05) is 43.6 Å². The summed E-state index contributed by atoms with van der Waals surface area (Å²) in [5, 5.41) is 2.93. The van der Waals surface area contributed by atoms with Crippen LogP contribution < -0.4 is 10.2 Å². The molecule has 6 nitrogen and oxygen atoms in total. The molecular weight excluding hydrogens is 328 g/mol. The Morgan fingerprint density at radius 3 is 2.31 bits per heavy atom. The number of Topliss-reactive ketones (excluding diaryl/α,β-unsaturated/α-hetero) is 1. The quantitative estimate of drug-likeness (QED) is 0.837. The maximum atomic E-state index is 12.5. The van der Waals surface area contributed by atoms with Gasteiger partial charge < -0.3 is 10.2 Å². The zero-order chi connectivity index (χ0) is 18.5. The fourth-order valence-corrected chi connectivity index (χ4v) is 3.08. The summed E-state index contributed by atoms with van der Waals surface area (Å²) in [6, 6.07) is 12.7. The summed E-state index contributed by atoms with van der Waals surface area (Å²) >= 11 is 0. The Balaban J connectivity index is 1.53. The SMILES string of the molecule is CC(=O)c1ccc(NC(=O)C(C)N2CCN(c3ccccn3)CC2)cc1. The lowest BCUT2D eigenvalue weighted by molar-refractivity contribution is -0.120. The summed E-state index contributed by atoms with van der Waals surface area (Å²) in [7, 11) is 0. The summed E-state index contributed by atoms with van der Waals surface area (Å²) in [4.78, 5) is 32.7. The molecule has 2 aromatic rings. The molecule has 1 aliphatic rings. The molecule has 0 aliphatic carbocycles. The minimum atomic E-state index is -0.214. The van der Waals surface area contributed by atoms with E-state index in [9.17, 15) is 9.59 Å². The average molecular weight is 352 g/mol. The highest BCUT2D eigenvalue weighted by atomic mass is 16.2. The van der Waals surface area contributed by atoms with Gasteiger partial charge in [-0.15, -0.1) is 0 Å². The van der Waals surface area contributed by atoms with Crippen molar-refractivity contribution in [1.82, 2.24) is 9.88 Å². The van der Waals surface area contributed by atoms with Crippen LogP contribution in [0.15, 0.2) is 48.7 Å². The molecule has 1 fully saturated rings. The van der Waals surface area contributed by atoms with Crippen LogP contribution in [0.25, 0.3) is 0 Å². The molecule has 1 aromatic heterocycles. The molecule has 26 heavy (non-hydrogen) atoms. The van der Waals surface area contributed by atoms with E-state index < -0.39 is 0 Å². The number of rotatable bonds is 5. The molecule has 1 aromatic carbocycles. The minimum absolute atomic E-state index is 0.0158. The molecular formula is C20H24N4O2. The number of anilines is 2. The molecule has 0 bridgehead atoms. The Morgan fingerprint density at radius 2 is 1.73 bits per heavy atom. The molecule has 1 saturated heterocycles. The van der Waals surface area contributed by atoms with Crippen LogP contribution in [0, 0.1) is 0 Å². The summed E-state index contributed by atoms with van der Waals surface area (Å²) in [5.74, 6) is 0.962. The van der Waals surface area contributed by atoms with Gasteiger partial charge >= 0.3 is 0 Å². The van der Waals surface area contributed by atoms with E-state index in [4.69, 9.17) is 0 Å². The van der Waals surface area contributed by atoms with Crippen LogP contribution in [0.5, 0.6) is 0 Å². The van der Waals surface area contributed by atoms with Crippen LogP contribution in [0.2, 0.25) is 0 Å². The van der Waals surface area contributed by atoms with E-state index in [0.717, 1.165) is 32.0 Å². The predicted octanol–water partition coefficient (Wildman–Crippen LogP) is 2.43. The number of piperazine rings is 1. The Morgan fingerprint density at radius 1 is 1.04 bits per heavy atom. The van der Waals surface area contributed by atoms with Gasteiger partial charge in [0.25, 0.3) is 0 Å². The lowest BCUT2D eigenvalue weighted by atomic mass is 10.1. The Bertz CT molecular complexity index is 753. The number of nitrogens with zero attached hydrogens (tertiary/aromatic N) is 3. The number of carbonyl (C=O) groups is 2. The van der Waals surface area contributed by atoms with Gasteiger partial charge in [-0.3, -0.25) is 14.5 Å². The lowest BCUT2D eigenvalue weighted by Crippen LogP contribution is -2.53. The molecule has 3 rings (SSSR count). The molecule has 1 amide bonds. The molecule has 1 N–H and O–H groups in total. The summed E-state index contributed by atoms with van der Waals surface area (Å²) in [5.41, 5.74) is 1.35. The minimum Gasteiger partial charge on any atom is -0.354 e. The second kappa shape index (κ2) is 8.10. The smallest absolute Gasteiger partial charge is 0.241 e. The van der Waals surface area contributed by atoms with Crippen molar-refractivity contribution in [1.29, 1.82) is 0 Å². The van der Waals surface area contributed by atoms with Crippen LogP contribution in [-0.2, 0) is 4.79 Å². The highest BCUT2D eigenvalue weighted by molar-refractivity contribution is 5.97. The third-order valence-electron chi connectivity index (χ3n) is 4.77. The highest BCUT2D eigenvalue weighted by Crippen LogP contribution is 2.16. The zero-order valence-corrected chi connectivity index (χ0v) is 15.2.